The van der Waals surface area contributed by atoms with Crippen LogP contribution < -0.4 is 4.74 Å². The Labute approximate surface area is 150 Å². The minimum absolute atomic E-state index is 0.0821. The summed E-state index contributed by atoms with van der Waals surface area (Å²) in [4.78, 5) is 14.3. The van der Waals surface area contributed by atoms with Crippen molar-refractivity contribution in [3.05, 3.63) is 28.8 Å². The lowest BCUT2D eigenvalue weighted by molar-refractivity contribution is -0.139. The van der Waals surface area contributed by atoms with Crippen LogP contribution in [0.5, 0.6) is 5.75 Å². The Hall–Kier alpha value is -1.59. The van der Waals surface area contributed by atoms with Crippen LogP contribution in [0.2, 0.25) is 0 Å². The van der Waals surface area contributed by atoms with E-state index < -0.39 is 6.10 Å². The number of aliphatic hydroxyl groups excluding tert-OH is 1. The average Bonchev–Trinajstić information content (AvgIpc) is 2.58. The first-order valence-electron chi connectivity index (χ1n) is 9.00. The highest BCUT2D eigenvalue weighted by molar-refractivity contribution is 5.78. The highest BCUT2D eigenvalue weighted by Crippen LogP contribution is 2.28. The number of hydrogen-bond acceptors (Lipinski definition) is 4. The molecule has 1 N–H and O–H groups in total. The van der Waals surface area contributed by atoms with Crippen LogP contribution in [0, 0.1) is 26.7 Å². The second-order valence-corrected chi connectivity index (χ2v) is 7.16. The molecule has 5 heteroatoms. The highest BCUT2D eigenvalue weighted by atomic mass is 16.5. The van der Waals surface area contributed by atoms with Gasteiger partial charge in [0.1, 0.15) is 12.4 Å². The standard InChI is InChI=1S/C20H31NO4/c1-13-10-14(2)15(3)18(11-13)25-9-8-21(4)20(23)16-6-7-17(22)19(12-16)24-5/h10-11,16-17,19,22H,6-9,12H2,1-5H3/t16-,17+,19-/m1/s1. The van der Waals surface area contributed by atoms with E-state index in [0.29, 0.717) is 32.4 Å². The number of likely N-dealkylation sites (N-methyl/N-ethyl adjacent to an activating group) is 1. The van der Waals surface area contributed by atoms with Crippen LogP contribution in [0.25, 0.3) is 0 Å². The van der Waals surface area contributed by atoms with Gasteiger partial charge in [-0.2, -0.15) is 0 Å². The zero-order chi connectivity index (χ0) is 18.6. The quantitative estimate of drug-likeness (QED) is 0.858. The molecule has 0 aliphatic heterocycles. The Morgan fingerprint density at radius 3 is 2.68 bits per heavy atom. The van der Waals surface area contributed by atoms with Crippen molar-refractivity contribution in [2.24, 2.45) is 5.92 Å². The molecule has 0 saturated heterocycles. The van der Waals surface area contributed by atoms with E-state index in [0.717, 1.165) is 11.3 Å². The van der Waals surface area contributed by atoms with Gasteiger partial charge >= 0.3 is 0 Å². The highest BCUT2D eigenvalue weighted by Gasteiger charge is 2.34. The van der Waals surface area contributed by atoms with E-state index in [1.807, 2.05) is 13.1 Å². The summed E-state index contributed by atoms with van der Waals surface area (Å²) in [5.74, 6) is 0.912. The Morgan fingerprint density at radius 1 is 1.28 bits per heavy atom. The molecule has 25 heavy (non-hydrogen) atoms. The third-order valence-electron chi connectivity index (χ3n) is 5.23. The number of rotatable bonds is 6. The van der Waals surface area contributed by atoms with Crippen LogP contribution in [0.4, 0.5) is 0 Å². The smallest absolute Gasteiger partial charge is 0.225 e. The van der Waals surface area contributed by atoms with Crippen molar-refractivity contribution in [1.82, 2.24) is 4.90 Å². The van der Waals surface area contributed by atoms with Crippen LogP contribution in [0.1, 0.15) is 36.0 Å². The number of aryl methyl sites for hydroxylation is 2. The van der Waals surface area contributed by atoms with E-state index in [2.05, 4.69) is 26.8 Å². The minimum Gasteiger partial charge on any atom is -0.491 e. The van der Waals surface area contributed by atoms with Gasteiger partial charge in [0.15, 0.2) is 0 Å². The maximum atomic E-state index is 12.6. The first-order chi connectivity index (χ1) is 11.8. The summed E-state index contributed by atoms with van der Waals surface area (Å²) < 4.78 is 11.2. The monoisotopic (exact) mass is 349 g/mol. The molecule has 0 heterocycles. The first-order valence-corrected chi connectivity index (χ1v) is 9.00. The number of amides is 1. The van der Waals surface area contributed by atoms with Crippen LogP contribution in [0.15, 0.2) is 12.1 Å². The summed E-state index contributed by atoms with van der Waals surface area (Å²) in [6.07, 6.45) is 1.20. The lowest BCUT2D eigenvalue weighted by atomic mass is 9.84. The Balaban J connectivity index is 1.86. The number of nitrogens with zero attached hydrogens (tertiary/aromatic N) is 1. The number of aliphatic hydroxyl groups is 1. The second-order valence-electron chi connectivity index (χ2n) is 7.16. The van der Waals surface area contributed by atoms with Gasteiger partial charge in [0.25, 0.3) is 0 Å². The van der Waals surface area contributed by atoms with Crippen LogP contribution in [0.3, 0.4) is 0 Å². The van der Waals surface area contributed by atoms with Crippen LogP contribution >= 0.6 is 0 Å². The maximum Gasteiger partial charge on any atom is 0.225 e. The van der Waals surface area contributed by atoms with Crippen molar-refractivity contribution in [1.29, 1.82) is 0 Å². The molecule has 0 bridgehead atoms. The van der Waals surface area contributed by atoms with E-state index in [4.69, 9.17) is 9.47 Å². The largest absolute Gasteiger partial charge is 0.491 e. The molecule has 1 aromatic rings. The molecule has 2 rings (SSSR count). The zero-order valence-electron chi connectivity index (χ0n) is 16.0. The third kappa shape index (κ3) is 4.95. The molecular weight excluding hydrogens is 318 g/mol. The summed E-state index contributed by atoms with van der Waals surface area (Å²) in [6, 6.07) is 4.18. The van der Waals surface area contributed by atoms with Gasteiger partial charge in [-0.15, -0.1) is 0 Å². The molecule has 0 aromatic heterocycles. The fourth-order valence-electron chi connectivity index (χ4n) is 3.46. The third-order valence-corrected chi connectivity index (χ3v) is 5.23. The van der Waals surface area contributed by atoms with Crippen molar-refractivity contribution >= 4 is 5.91 Å². The van der Waals surface area contributed by atoms with Gasteiger partial charge in [-0.3, -0.25) is 4.79 Å². The predicted molar refractivity (Wildman–Crippen MR) is 97.9 cm³/mol. The SMILES string of the molecule is CO[C@@H]1C[C@H](C(=O)N(C)CCOc2cc(C)cc(C)c2C)CC[C@@H]1O. The molecule has 0 unspecified atom stereocenters. The fraction of sp³-hybridized carbons (Fsp3) is 0.650. The summed E-state index contributed by atoms with van der Waals surface area (Å²) in [5.41, 5.74) is 3.53. The lowest BCUT2D eigenvalue weighted by Crippen LogP contribution is -2.43. The van der Waals surface area contributed by atoms with Gasteiger partial charge in [0, 0.05) is 20.1 Å². The molecular formula is C20H31NO4. The number of carbonyl (C=O) groups is 1. The second kappa shape index (κ2) is 8.68. The van der Waals surface area contributed by atoms with Gasteiger partial charge in [-0.25, -0.2) is 0 Å². The predicted octanol–water partition coefficient (Wildman–Crippen LogP) is 2.63. The summed E-state index contributed by atoms with van der Waals surface area (Å²) in [5, 5.41) is 9.88. The van der Waals surface area contributed by atoms with Gasteiger partial charge in [0.2, 0.25) is 5.91 Å². The van der Waals surface area contributed by atoms with Crippen molar-refractivity contribution < 1.29 is 19.4 Å². The van der Waals surface area contributed by atoms with Crippen LogP contribution in [-0.2, 0) is 9.53 Å². The summed E-state index contributed by atoms with van der Waals surface area (Å²) >= 11 is 0. The molecule has 1 aliphatic rings. The maximum absolute atomic E-state index is 12.6. The fourth-order valence-corrected chi connectivity index (χ4v) is 3.46. The average molecular weight is 349 g/mol. The van der Waals surface area contributed by atoms with E-state index in [1.165, 1.54) is 11.1 Å². The molecule has 1 saturated carbocycles. The lowest BCUT2D eigenvalue weighted by Gasteiger charge is -2.33. The Kier molecular flexibility index (Phi) is 6.85. The van der Waals surface area contributed by atoms with Gasteiger partial charge < -0.3 is 19.5 Å². The molecule has 1 amide bonds. The van der Waals surface area contributed by atoms with E-state index in [-0.39, 0.29) is 17.9 Å². The number of methoxy groups -OCH3 is 1. The molecule has 140 valence electrons. The Bertz CT molecular complexity index is 602. The molecule has 1 aliphatic carbocycles. The number of benzene rings is 1. The van der Waals surface area contributed by atoms with Gasteiger partial charge in [0.05, 0.1) is 18.8 Å². The van der Waals surface area contributed by atoms with Crippen molar-refractivity contribution in [3.63, 3.8) is 0 Å². The molecule has 3 atom stereocenters. The molecule has 1 aromatic carbocycles. The van der Waals surface area contributed by atoms with Crippen molar-refractivity contribution in [2.45, 2.75) is 52.2 Å². The molecule has 0 spiro atoms. The van der Waals surface area contributed by atoms with E-state index in [1.54, 1.807) is 12.0 Å². The minimum atomic E-state index is -0.463. The van der Waals surface area contributed by atoms with Gasteiger partial charge in [-0.1, -0.05) is 6.07 Å². The normalized spacial score (nSPS) is 23.4. The van der Waals surface area contributed by atoms with Crippen molar-refractivity contribution in [3.8, 4) is 5.75 Å². The molecule has 1 fully saturated rings. The summed E-state index contributed by atoms with van der Waals surface area (Å²) in [6.45, 7) is 7.20. The van der Waals surface area contributed by atoms with Crippen LogP contribution in [-0.4, -0.2) is 55.4 Å². The topological polar surface area (TPSA) is 59.0 Å². The van der Waals surface area contributed by atoms with Gasteiger partial charge in [-0.05, 0) is 62.8 Å². The summed E-state index contributed by atoms with van der Waals surface area (Å²) in [7, 11) is 3.40. The van der Waals surface area contributed by atoms with E-state index in [9.17, 15) is 9.90 Å². The Morgan fingerprint density at radius 2 is 2.00 bits per heavy atom. The molecule has 0 radical (unpaired) electrons. The zero-order valence-corrected chi connectivity index (χ0v) is 16.0. The van der Waals surface area contributed by atoms with E-state index >= 15 is 0 Å². The first kappa shape index (κ1) is 19.7. The number of carbonyl (C=O) groups excluding carboxylic acids is 1. The number of hydrogen-bond donors (Lipinski definition) is 1. The van der Waals surface area contributed by atoms with Crippen molar-refractivity contribution in [2.75, 3.05) is 27.3 Å². The molecule has 5 nitrogen and oxygen atoms in total. The number of ether oxygens (including phenoxy) is 2.